The molecule has 0 amide bonds. The number of hydrogen-bond donors (Lipinski definition) is 2. The Morgan fingerprint density at radius 2 is 2.20 bits per heavy atom. The molecule has 1 aliphatic carbocycles. The molecule has 0 saturated heterocycles. The van der Waals surface area contributed by atoms with Crippen LogP contribution in [-0.2, 0) is 9.59 Å². The number of likely N-dealkylation sites (N-methyl/N-ethyl adjacent to an activating group) is 1. The number of aldehydes is 1. The van der Waals surface area contributed by atoms with Crippen molar-refractivity contribution in [2.45, 2.75) is 44.6 Å². The number of carboxylic acid groups (broad SMARTS) is 1. The zero-order valence-corrected chi connectivity index (χ0v) is 9.38. The van der Waals surface area contributed by atoms with Crippen LogP contribution in [0.2, 0.25) is 0 Å². The SMILES string of the molecule is CCCC1(C(=O)O)CCCC1(C=O)NC. The van der Waals surface area contributed by atoms with Gasteiger partial charge in [0.15, 0.2) is 0 Å². The molecule has 0 heterocycles. The van der Waals surface area contributed by atoms with Crippen LogP contribution in [0, 0.1) is 5.41 Å². The molecule has 4 heteroatoms. The number of aliphatic carboxylic acids is 1. The Morgan fingerprint density at radius 3 is 2.60 bits per heavy atom. The van der Waals surface area contributed by atoms with Crippen molar-refractivity contribution in [2.24, 2.45) is 5.41 Å². The largest absolute Gasteiger partial charge is 0.481 e. The molecule has 0 aromatic carbocycles. The van der Waals surface area contributed by atoms with E-state index in [1.807, 2.05) is 6.92 Å². The van der Waals surface area contributed by atoms with E-state index in [1.165, 1.54) is 0 Å². The lowest BCUT2D eigenvalue weighted by atomic mass is 9.69. The molecule has 1 fully saturated rings. The summed E-state index contributed by atoms with van der Waals surface area (Å²) in [4.78, 5) is 22.7. The molecular formula is C11H19NO3. The Bertz CT molecular complexity index is 267. The molecule has 0 aliphatic heterocycles. The first-order valence-electron chi connectivity index (χ1n) is 5.47. The van der Waals surface area contributed by atoms with Gasteiger partial charge in [-0.25, -0.2) is 0 Å². The first-order chi connectivity index (χ1) is 7.08. The van der Waals surface area contributed by atoms with Crippen LogP contribution in [0.5, 0.6) is 0 Å². The average Bonchev–Trinajstić information content (AvgIpc) is 2.59. The van der Waals surface area contributed by atoms with Crippen molar-refractivity contribution in [3.8, 4) is 0 Å². The highest BCUT2D eigenvalue weighted by atomic mass is 16.4. The first kappa shape index (κ1) is 12.2. The fourth-order valence-electron chi connectivity index (χ4n) is 2.91. The zero-order chi connectivity index (χ0) is 11.5. The number of carboxylic acids is 1. The van der Waals surface area contributed by atoms with E-state index < -0.39 is 16.9 Å². The van der Waals surface area contributed by atoms with Crippen molar-refractivity contribution >= 4 is 12.3 Å². The molecule has 0 spiro atoms. The minimum atomic E-state index is -0.905. The smallest absolute Gasteiger partial charge is 0.311 e. The molecule has 0 aromatic rings. The summed E-state index contributed by atoms with van der Waals surface area (Å²) in [6.45, 7) is 1.95. The van der Waals surface area contributed by atoms with E-state index in [4.69, 9.17) is 0 Å². The summed E-state index contributed by atoms with van der Waals surface area (Å²) in [5.41, 5.74) is -1.77. The molecule has 0 bridgehead atoms. The molecule has 4 nitrogen and oxygen atoms in total. The van der Waals surface area contributed by atoms with E-state index in [1.54, 1.807) is 7.05 Å². The highest BCUT2D eigenvalue weighted by Gasteiger charge is 2.58. The van der Waals surface area contributed by atoms with Gasteiger partial charge in [-0.05, 0) is 32.7 Å². The van der Waals surface area contributed by atoms with E-state index in [0.717, 1.165) is 19.1 Å². The number of nitrogens with one attached hydrogen (secondary N) is 1. The molecule has 15 heavy (non-hydrogen) atoms. The van der Waals surface area contributed by atoms with Crippen LogP contribution in [0.4, 0.5) is 0 Å². The van der Waals surface area contributed by atoms with Gasteiger partial charge in [-0.2, -0.15) is 0 Å². The fraction of sp³-hybridized carbons (Fsp3) is 0.818. The van der Waals surface area contributed by atoms with Gasteiger partial charge in [0.25, 0.3) is 0 Å². The van der Waals surface area contributed by atoms with Gasteiger partial charge in [-0.1, -0.05) is 13.3 Å². The van der Waals surface area contributed by atoms with E-state index in [9.17, 15) is 14.7 Å². The zero-order valence-electron chi connectivity index (χ0n) is 9.38. The van der Waals surface area contributed by atoms with Crippen LogP contribution in [0.15, 0.2) is 0 Å². The van der Waals surface area contributed by atoms with Gasteiger partial charge in [0, 0.05) is 0 Å². The average molecular weight is 213 g/mol. The van der Waals surface area contributed by atoms with Crippen LogP contribution in [-0.4, -0.2) is 29.9 Å². The molecular weight excluding hydrogens is 194 g/mol. The standard InChI is InChI=1S/C11H19NO3/c1-3-5-10(9(14)15)6-4-7-11(10,8-13)12-2/h8,12H,3-7H2,1-2H3,(H,14,15). The summed E-state index contributed by atoms with van der Waals surface area (Å²) in [6.07, 6.45) is 4.15. The number of carbonyl (C=O) groups is 2. The van der Waals surface area contributed by atoms with E-state index in [0.29, 0.717) is 19.3 Å². The van der Waals surface area contributed by atoms with E-state index in [-0.39, 0.29) is 0 Å². The maximum absolute atomic E-state index is 11.4. The quantitative estimate of drug-likeness (QED) is 0.673. The predicted octanol–water partition coefficient (Wildman–Crippen LogP) is 1.20. The second kappa shape index (κ2) is 4.31. The maximum atomic E-state index is 11.4. The third-order valence-corrected chi connectivity index (χ3v) is 3.76. The Hall–Kier alpha value is -0.900. The second-order valence-corrected chi connectivity index (χ2v) is 4.33. The summed E-state index contributed by atoms with van der Waals surface area (Å²) in [5.74, 6) is -0.844. The molecule has 1 rings (SSSR count). The normalized spacial score (nSPS) is 35.3. The van der Waals surface area contributed by atoms with E-state index in [2.05, 4.69) is 5.32 Å². The van der Waals surface area contributed by atoms with Crippen molar-refractivity contribution in [3.05, 3.63) is 0 Å². The lowest BCUT2D eigenvalue weighted by molar-refractivity contribution is -0.155. The Kier molecular flexibility index (Phi) is 3.50. The molecule has 1 aliphatic rings. The van der Waals surface area contributed by atoms with Crippen molar-refractivity contribution < 1.29 is 14.7 Å². The van der Waals surface area contributed by atoms with Crippen molar-refractivity contribution in [1.29, 1.82) is 0 Å². The highest BCUT2D eigenvalue weighted by molar-refractivity contribution is 5.85. The fourth-order valence-corrected chi connectivity index (χ4v) is 2.91. The van der Waals surface area contributed by atoms with Gasteiger partial charge >= 0.3 is 5.97 Å². The summed E-state index contributed by atoms with van der Waals surface area (Å²) in [5, 5.41) is 12.3. The number of rotatable bonds is 5. The number of hydrogen-bond acceptors (Lipinski definition) is 3. The Labute approximate surface area is 90.0 Å². The van der Waals surface area contributed by atoms with Crippen molar-refractivity contribution in [2.75, 3.05) is 7.05 Å². The lowest BCUT2D eigenvalue weighted by Crippen LogP contribution is -2.58. The monoisotopic (exact) mass is 213 g/mol. The van der Waals surface area contributed by atoms with Crippen molar-refractivity contribution in [3.63, 3.8) is 0 Å². The molecule has 2 N–H and O–H groups in total. The van der Waals surface area contributed by atoms with Gasteiger partial charge in [0.05, 0.1) is 11.0 Å². The van der Waals surface area contributed by atoms with Gasteiger partial charge in [0.2, 0.25) is 0 Å². The second-order valence-electron chi connectivity index (χ2n) is 4.33. The molecule has 0 radical (unpaired) electrons. The van der Waals surface area contributed by atoms with Gasteiger partial charge < -0.3 is 15.2 Å². The third-order valence-electron chi connectivity index (χ3n) is 3.76. The van der Waals surface area contributed by atoms with Crippen LogP contribution < -0.4 is 5.32 Å². The topological polar surface area (TPSA) is 66.4 Å². The summed E-state index contributed by atoms with van der Waals surface area (Å²) in [7, 11) is 1.67. The molecule has 1 saturated carbocycles. The van der Waals surface area contributed by atoms with E-state index >= 15 is 0 Å². The summed E-state index contributed by atoms with van der Waals surface area (Å²) < 4.78 is 0. The lowest BCUT2D eigenvalue weighted by Gasteiger charge is -2.38. The van der Waals surface area contributed by atoms with Gasteiger partial charge in [-0.3, -0.25) is 4.79 Å². The van der Waals surface area contributed by atoms with Crippen LogP contribution in [0.25, 0.3) is 0 Å². The van der Waals surface area contributed by atoms with Gasteiger partial charge in [-0.15, -0.1) is 0 Å². The summed E-state index contributed by atoms with van der Waals surface area (Å²) in [6, 6.07) is 0. The third kappa shape index (κ3) is 1.57. The van der Waals surface area contributed by atoms with Gasteiger partial charge in [0.1, 0.15) is 6.29 Å². The maximum Gasteiger partial charge on any atom is 0.311 e. The molecule has 2 atom stereocenters. The Morgan fingerprint density at radius 1 is 1.53 bits per heavy atom. The molecule has 0 aromatic heterocycles. The van der Waals surface area contributed by atoms with Crippen molar-refractivity contribution in [1.82, 2.24) is 5.32 Å². The minimum absolute atomic E-state index is 0.557. The summed E-state index contributed by atoms with van der Waals surface area (Å²) >= 11 is 0. The molecule has 86 valence electrons. The highest BCUT2D eigenvalue weighted by Crippen LogP contribution is 2.48. The predicted molar refractivity (Wildman–Crippen MR) is 56.7 cm³/mol. The Balaban J connectivity index is 3.14. The first-order valence-corrected chi connectivity index (χ1v) is 5.47. The van der Waals surface area contributed by atoms with Crippen LogP contribution >= 0.6 is 0 Å². The molecule has 2 unspecified atom stereocenters. The van der Waals surface area contributed by atoms with Crippen LogP contribution in [0.1, 0.15) is 39.0 Å². The number of carbonyl (C=O) groups excluding carboxylic acids is 1. The van der Waals surface area contributed by atoms with Crippen LogP contribution in [0.3, 0.4) is 0 Å². The minimum Gasteiger partial charge on any atom is -0.481 e.